The number of isothiocyanates is 1. The van der Waals surface area contributed by atoms with Crippen molar-refractivity contribution in [2.45, 2.75) is 19.3 Å². The number of fused-ring (bicyclic) bond motifs is 1. The van der Waals surface area contributed by atoms with Crippen LogP contribution in [0, 0.1) is 0 Å². The van der Waals surface area contributed by atoms with E-state index in [1.807, 2.05) is 12.3 Å². The van der Waals surface area contributed by atoms with Crippen molar-refractivity contribution in [3.05, 3.63) is 23.4 Å². The van der Waals surface area contributed by atoms with Crippen LogP contribution in [0.2, 0.25) is 0 Å². The van der Waals surface area contributed by atoms with E-state index in [-0.39, 0.29) is 0 Å². The minimum Gasteiger partial charge on any atom is -0.236 e. The molecule has 1 aromatic heterocycles. The van der Waals surface area contributed by atoms with Gasteiger partial charge in [0.2, 0.25) is 0 Å². The zero-order valence-electron chi connectivity index (χ0n) is 6.58. The third-order valence-electron chi connectivity index (χ3n) is 2.12. The average Bonchev–Trinajstić information content (AvgIpc) is 2.51. The monoisotopic (exact) mass is 176 g/mol. The maximum absolute atomic E-state index is 4.51. The quantitative estimate of drug-likeness (QED) is 0.484. The van der Waals surface area contributed by atoms with Gasteiger partial charge in [0.15, 0.2) is 5.82 Å². The molecule has 0 bridgehead atoms. The van der Waals surface area contributed by atoms with Gasteiger partial charge in [0.05, 0.1) is 5.16 Å². The molecule has 0 unspecified atom stereocenters. The van der Waals surface area contributed by atoms with E-state index < -0.39 is 0 Å². The number of thiocarbonyl (C=S) groups is 1. The van der Waals surface area contributed by atoms with Crippen molar-refractivity contribution in [1.82, 2.24) is 4.98 Å². The topological polar surface area (TPSA) is 25.2 Å². The van der Waals surface area contributed by atoms with Gasteiger partial charge in [0.25, 0.3) is 0 Å². The summed E-state index contributed by atoms with van der Waals surface area (Å²) in [4.78, 5) is 7.98. The molecule has 0 radical (unpaired) electrons. The van der Waals surface area contributed by atoms with Crippen LogP contribution in [0.5, 0.6) is 0 Å². The van der Waals surface area contributed by atoms with Gasteiger partial charge >= 0.3 is 0 Å². The molecular weight excluding hydrogens is 168 g/mol. The van der Waals surface area contributed by atoms with Gasteiger partial charge in [-0.05, 0) is 48.7 Å². The van der Waals surface area contributed by atoms with Gasteiger partial charge in [-0.3, -0.25) is 0 Å². The van der Waals surface area contributed by atoms with Crippen LogP contribution in [-0.2, 0) is 12.8 Å². The molecule has 2 nitrogen and oxygen atoms in total. The smallest absolute Gasteiger partial charge is 0.162 e. The number of hydrogen-bond acceptors (Lipinski definition) is 3. The minimum absolute atomic E-state index is 0.686. The van der Waals surface area contributed by atoms with Crippen LogP contribution in [0.1, 0.15) is 17.5 Å². The fraction of sp³-hybridized carbons (Fsp3) is 0.333. The predicted octanol–water partition coefficient (Wildman–Crippen LogP) is 2.30. The minimum atomic E-state index is 0.686. The number of aliphatic imine (C=N–C) groups is 1. The number of rotatable bonds is 1. The summed E-state index contributed by atoms with van der Waals surface area (Å²) in [7, 11) is 0. The van der Waals surface area contributed by atoms with Crippen LogP contribution in [0.25, 0.3) is 0 Å². The summed E-state index contributed by atoms with van der Waals surface area (Å²) in [5.41, 5.74) is 2.73. The zero-order valence-corrected chi connectivity index (χ0v) is 7.40. The molecule has 1 aliphatic carbocycles. The standard InChI is InChI=1S/C9H8N2S/c12-6-11-9-4-7-2-1-3-8(7)5-10-9/h4-5H,1-3H2. The molecule has 0 amide bonds. The van der Waals surface area contributed by atoms with Crippen molar-refractivity contribution in [2.24, 2.45) is 4.99 Å². The third-order valence-corrected chi connectivity index (χ3v) is 2.21. The average molecular weight is 176 g/mol. The van der Waals surface area contributed by atoms with Crippen LogP contribution in [0.4, 0.5) is 5.82 Å². The van der Waals surface area contributed by atoms with E-state index in [2.05, 4.69) is 27.4 Å². The highest BCUT2D eigenvalue weighted by Gasteiger charge is 2.10. The summed E-state index contributed by atoms with van der Waals surface area (Å²) in [5, 5.41) is 2.32. The van der Waals surface area contributed by atoms with E-state index in [0.29, 0.717) is 5.82 Å². The Hall–Kier alpha value is -1.05. The molecule has 2 rings (SSSR count). The highest BCUT2D eigenvalue weighted by Crippen LogP contribution is 2.23. The van der Waals surface area contributed by atoms with Gasteiger partial charge in [-0.1, -0.05) is 0 Å². The van der Waals surface area contributed by atoms with E-state index in [0.717, 1.165) is 12.8 Å². The maximum atomic E-state index is 4.51. The van der Waals surface area contributed by atoms with Crippen molar-refractivity contribution in [1.29, 1.82) is 0 Å². The van der Waals surface area contributed by atoms with Crippen molar-refractivity contribution in [3.8, 4) is 0 Å². The third kappa shape index (κ3) is 1.29. The van der Waals surface area contributed by atoms with Crippen molar-refractivity contribution >= 4 is 23.2 Å². The second-order valence-corrected chi connectivity index (χ2v) is 3.05. The largest absolute Gasteiger partial charge is 0.236 e. The molecule has 0 atom stereocenters. The van der Waals surface area contributed by atoms with Gasteiger partial charge in [0.1, 0.15) is 0 Å². The molecule has 1 aliphatic rings. The highest BCUT2D eigenvalue weighted by atomic mass is 32.1. The first-order valence-electron chi connectivity index (χ1n) is 3.96. The van der Waals surface area contributed by atoms with Gasteiger partial charge in [-0.25, -0.2) is 4.98 Å². The fourth-order valence-corrected chi connectivity index (χ4v) is 1.64. The highest BCUT2D eigenvalue weighted by molar-refractivity contribution is 7.78. The fourth-order valence-electron chi connectivity index (χ4n) is 1.55. The lowest BCUT2D eigenvalue weighted by atomic mass is 10.2. The van der Waals surface area contributed by atoms with Gasteiger partial charge in [-0.15, -0.1) is 0 Å². The first kappa shape index (κ1) is 7.59. The number of nitrogens with zero attached hydrogens (tertiary/aromatic N) is 2. The van der Waals surface area contributed by atoms with E-state index >= 15 is 0 Å². The molecule has 0 N–H and O–H groups in total. The van der Waals surface area contributed by atoms with E-state index in [1.165, 1.54) is 17.5 Å². The number of aryl methyl sites for hydroxylation is 2. The summed E-state index contributed by atoms with van der Waals surface area (Å²) in [6, 6.07) is 2.00. The van der Waals surface area contributed by atoms with Gasteiger partial charge in [-0.2, -0.15) is 4.99 Å². The first-order chi connectivity index (χ1) is 5.90. The summed E-state index contributed by atoms with van der Waals surface area (Å²) < 4.78 is 0. The molecule has 60 valence electrons. The lowest BCUT2D eigenvalue weighted by Gasteiger charge is -1.96. The van der Waals surface area contributed by atoms with Gasteiger partial charge < -0.3 is 0 Å². The maximum Gasteiger partial charge on any atom is 0.162 e. The summed E-state index contributed by atoms with van der Waals surface area (Å²) in [6.45, 7) is 0. The Labute approximate surface area is 76.4 Å². The Balaban J connectivity index is 2.45. The molecule has 0 aromatic carbocycles. The Bertz CT molecular complexity index is 354. The molecular formula is C9H8N2S. The van der Waals surface area contributed by atoms with E-state index in [4.69, 9.17) is 0 Å². The Morgan fingerprint density at radius 1 is 1.42 bits per heavy atom. The summed E-state index contributed by atoms with van der Waals surface area (Å²) in [5.74, 6) is 0.686. The van der Waals surface area contributed by atoms with Crippen LogP contribution in [0.3, 0.4) is 0 Å². The van der Waals surface area contributed by atoms with E-state index in [1.54, 1.807) is 0 Å². The molecule has 12 heavy (non-hydrogen) atoms. The van der Waals surface area contributed by atoms with E-state index in [9.17, 15) is 0 Å². The summed E-state index contributed by atoms with van der Waals surface area (Å²) in [6.07, 6.45) is 5.44. The lowest BCUT2D eigenvalue weighted by Crippen LogP contribution is -1.83. The molecule has 0 saturated heterocycles. The molecule has 0 fully saturated rings. The number of aromatic nitrogens is 1. The van der Waals surface area contributed by atoms with Crippen LogP contribution < -0.4 is 0 Å². The summed E-state index contributed by atoms with van der Waals surface area (Å²) >= 11 is 4.51. The first-order valence-corrected chi connectivity index (χ1v) is 4.36. The molecule has 0 saturated carbocycles. The normalized spacial score (nSPS) is 13.7. The van der Waals surface area contributed by atoms with Crippen molar-refractivity contribution in [2.75, 3.05) is 0 Å². The molecule has 1 heterocycles. The zero-order chi connectivity index (χ0) is 8.39. The SMILES string of the molecule is S=C=Nc1cc2c(cn1)CCC2. The molecule has 0 aliphatic heterocycles. The number of hydrogen-bond donors (Lipinski definition) is 0. The Kier molecular flexibility index (Phi) is 1.98. The Morgan fingerprint density at radius 3 is 3.08 bits per heavy atom. The van der Waals surface area contributed by atoms with Crippen LogP contribution in [0.15, 0.2) is 17.3 Å². The predicted molar refractivity (Wildman–Crippen MR) is 50.9 cm³/mol. The molecule has 1 aromatic rings. The molecule has 0 spiro atoms. The van der Waals surface area contributed by atoms with Crippen molar-refractivity contribution in [3.63, 3.8) is 0 Å². The second kappa shape index (κ2) is 3.13. The lowest BCUT2D eigenvalue weighted by molar-refractivity contribution is 0.911. The van der Waals surface area contributed by atoms with Crippen molar-refractivity contribution < 1.29 is 0 Å². The van der Waals surface area contributed by atoms with Crippen LogP contribution >= 0.6 is 12.2 Å². The molecule has 3 heteroatoms. The number of pyridine rings is 1. The second-order valence-electron chi connectivity index (χ2n) is 2.87. The Morgan fingerprint density at radius 2 is 2.25 bits per heavy atom. The van der Waals surface area contributed by atoms with Crippen LogP contribution in [-0.4, -0.2) is 10.1 Å². The van der Waals surface area contributed by atoms with Gasteiger partial charge in [0, 0.05) is 6.20 Å².